The van der Waals surface area contributed by atoms with E-state index in [4.69, 9.17) is 15.2 Å². The molecule has 2 rings (SSSR count). The summed E-state index contributed by atoms with van der Waals surface area (Å²) in [6.07, 6.45) is 2.03. The van der Waals surface area contributed by atoms with E-state index in [0.29, 0.717) is 0 Å². The molecule has 1 aromatic rings. The normalized spacial score (nSPS) is 25.3. The number of hydrogen-bond acceptors (Lipinski definition) is 5. The van der Waals surface area contributed by atoms with Crippen molar-refractivity contribution in [1.29, 1.82) is 0 Å². The molecule has 5 heteroatoms. The van der Waals surface area contributed by atoms with Gasteiger partial charge in [0.2, 0.25) is 0 Å². The van der Waals surface area contributed by atoms with Gasteiger partial charge in [-0.05, 0) is 12.1 Å². The maximum atomic E-state index is 5.88. The van der Waals surface area contributed by atoms with Gasteiger partial charge < -0.3 is 15.2 Å². The molecule has 2 N–H and O–H groups in total. The highest BCUT2D eigenvalue weighted by molar-refractivity contribution is 5.41. The Morgan fingerprint density at radius 1 is 1.35 bits per heavy atom. The number of rotatable bonds is 4. The number of ether oxygens (including phenoxy) is 2. The Kier molecular flexibility index (Phi) is 3.93. The number of nitrogens with zero attached hydrogens (tertiary/aromatic N) is 2. The van der Waals surface area contributed by atoms with Gasteiger partial charge in [0.05, 0.1) is 23.6 Å². The lowest BCUT2D eigenvalue weighted by Crippen LogP contribution is -2.27. The first-order valence-electron chi connectivity index (χ1n) is 5.72. The molecule has 0 bridgehead atoms. The molecule has 1 aliphatic rings. The van der Waals surface area contributed by atoms with Crippen LogP contribution in [0.4, 0.5) is 5.69 Å². The lowest BCUT2D eigenvalue weighted by Gasteiger charge is -2.15. The van der Waals surface area contributed by atoms with Gasteiger partial charge in [-0.2, -0.15) is 0 Å². The van der Waals surface area contributed by atoms with Crippen molar-refractivity contribution in [1.82, 2.24) is 9.88 Å². The van der Waals surface area contributed by atoms with Crippen molar-refractivity contribution in [3.8, 4) is 0 Å². The van der Waals surface area contributed by atoms with Crippen LogP contribution in [0.25, 0.3) is 0 Å². The highest BCUT2D eigenvalue weighted by atomic mass is 16.5. The molecule has 0 saturated carbocycles. The third-order valence-electron chi connectivity index (χ3n) is 3.20. The number of nitrogen functional groups attached to an aromatic ring is 1. The fourth-order valence-corrected chi connectivity index (χ4v) is 2.19. The molecule has 0 radical (unpaired) electrons. The molecule has 5 nitrogen and oxygen atoms in total. The monoisotopic (exact) mass is 237 g/mol. The largest absolute Gasteiger partial charge is 0.397 e. The maximum absolute atomic E-state index is 5.88. The van der Waals surface area contributed by atoms with E-state index in [1.807, 2.05) is 12.1 Å². The molecule has 17 heavy (non-hydrogen) atoms. The maximum Gasteiger partial charge on any atom is 0.0971 e. The number of likely N-dealkylation sites (tertiary alicyclic amines) is 1. The van der Waals surface area contributed by atoms with Crippen LogP contribution < -0.4 is 5.73 Å². The number of hydrogen-bond donors (Lipinski definition) is 1. The number of methoxy groups -OCH3 is 2. The van der Waals surface area contributed by atoms with Gasteiger partial charge in [-0.25, -0.2) is 0 Å². The molecule has 0 aliphatic carbocycles. The molecule has 2 unspecified atom stereocenters. The van der Waals surface area contributed by atoms with E-state index in [1.54, 1.807) is 20.4 Å². The standard InChI is InChI=1S/C12H19N3O2/c1-16-11-7-15(8-12(11)17-2)6-10-9(13)4-3-5-14-10/h3-5,11-12H,6-8,13H2,1-2H3. The minimum absolute atomic E-state index is 0.130. The van der Waals surface area contributed by atoms with Gasteiger partial charge in [-0.15, -0.1) is 0 Å². The van der Waals surface area contributed by atoms with Crippen LogP contribution in [0.2, 0.25) is 0 Å². The third kappa shape index (κ3) is 2.74. The molecular weight excluding hydrogens is 218 g/mol. The van der Waals surface area contributed by atoms with Gasteiger partial charge in [0.15, 0.2) is 0 Å². The molecule has 1 fully saturated rings. The second kappa shape index (κ2) is 5.44. The molecule has 2 atom stereocenters. The fraction of sp³-hybridized carbons (Fsp3) is 0.583. The molecule has 94 valence electrons. The summed E-state index contributed by atoms with van der Waals surface area (Å²) in [5.41, 5.74) is 7.54. The number of anilines is 1. The summed E-state index contributed by atoms with van der Waals surface area (Å²) in [4.78, 5) is 6.55. The molecule has 2 heterocycles. The highest BCUT2D eigenvalue weighted by Gasteiger charge is 2.33. The third-order valence-corrected chi connectivity index (χ3v) is 3.20. The van der Waals surface area contributed by atoms with Crippen molar-refractivity contribution in [2.45, 2.75) is 18.8 Å². The lowest BCUT2D eigenvalue weighted by atomic mass is 10.3. The quantitative estimate of drug-likeness (QED) is 0.826. The van der Waals surface area contributed by atoms with Gasteiger partial charge in [-0.3, -0.25) is 9.88 Å². The zero-order chi connectivity index (χ0) is 12.3. The SMILES string of the molecule is COC1CN(Cc2ncccc2N)CC1OC. The van der Waals surface area contributed by atoms with Crippen molar-refractivity contribution >= 4 is 5.69 Å². The van der Waals surface area contributed by atoms with E-state index in [0.717, 1.165) is 31.0 Å². The summed E-state index contributed by atoms with van der Waals surface area (Å²) in [7, 11) is 3.44. The van der Waals surface area contributed by atoms with Crippen LogP contribution in [0.5, 0.6) is 0 Å². The Bertz CT molecular complexity index is 361. The minimum Gasteiger partial charge on any atom is -0.397 e. The fourth-order valence-electron chi connectivity index (χ4n) is 2.19. The molecule has 0 amide bonds. The summed E-state index contributed by atoms with van der Waals surface area (Å²) in [6.45, 7) is 2.45. The van der Waals surface area contributed by atoms with E-state index in [2.05, 4.69) is 9.88 Å². The Balaban J connectivity index is 1.99. The predicted octanol–water partition coefficient (Wildman–Crippen LogP) is 0.509. The number of pyridine rings is 1. The van der Waals surface area contributed by atoms with E-state index < -0.39 is 0 Å². The Morgan fingerprint density at radius 2 is 2.00 bits per heavy atom. The molecule has 0 spiro atoms. The second-order valence-electron chi connectivity index (χ2n) is 4.28. The summed E-state index contributed by atoms with van der Waals surface area (Å²) in [5, 5.41) is 0. The molecule has 0 aromatic carbocycles. The summed E-state index contributed by atoms with van der Waals surface area (Å²) >= 11 is 0. The van der Waals surface area contributed by atoms with Crippen LogP contribution in [0.3, 0.4) is 0 Å². The smallest absolute Gasteiger partial charge is 0.0971 e. The van der Waals surface area contributed by atoms with Gasteiger partial charge in [0, 0.05) is 40.1 Å². The molecule has 1 saturated heterocycles. The Morgan fingerprint density at radius 3 is 2.53 bits per heavy atom. The zero-order valence-corrected chi connectivity index (χ0v) is 10.3. The summed E-state index contributed by atoms with van der Waals surface area (Å²) in [6, 6.07) is 3.72. The summed E-state index contributed by atoms with van der Waals surface area (Å²) < 4.78 is 10.8. The van der Waals surface area contributed by atoms with Gasteiger partial charge in [0.25, 0.3) is 0 Å². The first-order valence-corrected chi connectivity index (χ1v) is 5.72. The van der Waals surface area contributed by atoms with Crippen molar-refractivity contribution in [3.63, 3.8) is 0 Å². The van der Waals surface area contributed by atoms with Crippen molar-refractivity contribution in [2.75, 3.05) is 33.0 Å². The van der Waals surface area contributed by atoms with Gasteiger partial charge >= 0.3 is 0 Å². The van der Waals surface area contributed by atoms with Crippen LogP contribution in [-0.4, -0.2) is 49.4 Å². The van der Waals surface area contributed by atoms with E-state index >= 15 is 0 Å². The lowest BCUT2D eigenvalue weighted by molar-refractivity contribution is -0.00461. The van der Waals surface area contributed by atoms with Crippen LogP contribution in [-0.2, 0) is 16.0 Å². The van der Waals surface area contributed by atoms with Gasteiger partial charge in [0.1, 0.15) is 0 Å². The molecule has 1 aromatic heterocycles. The average molecular weight is 237 g/mol. The second-order valence-corrected chi connectivity index (χ2v) is 4.28. The van der Waals surface area contributed by atoms with Crippen LogP contribution in [0, 0.1) is 0 Å². The first-order chi connectivity index (χ1) is 8.24. The van der Waals surface area contributed by atoms with Crippen LogP contribution in [0.15, 0.2) is 18.3 Å². The van der Waals surface area contributed by atoms with E-state index in [9.17, 15) is 0 Å². The first kappa shape index (κ1) is 12.3. The zero-order valence-electron chi connectivity index (χ0n) is 10.3. The molecule has 1 aliphatic heterocycles. The topological polar surface area (TPSA) is 60.6 Å². The highest BCUT2D eigenvalue weighted by Crippen LogP contribution is 2.19. The molecular formula is C12H19N3O2. The number of nitrogens with two attached hydrogens (primary N) is 1. The Hall–Kier alpha value is -1.17. The van der Waals surface area contributed by atoms with Crippen molar-refractivity contribution in [3.05, 3.63) is 24.0 Å². The Labute approximate surface area is 102 Å². The van der Waals surface area contributed by atoms with Crippen LogP contribution >= 0.6 is 0 Å². The van der Waals surface area contributed by atoms with Crippen LogP contribution in [0.1, 0.15) is 5.69 Å². The van der Waals surface area contributed by atoms with E-state index in [1.165, 1.54) is 0 Å². The predicted molar refractivity (Wildman–Crippen MR) is 65.5 cm³/mol. The van der Waals surface area contributed by atoms with Crippen molar-refractivity contribution < 1.29 is 9.47 Å². The van der Waals surface area contributed by atoms with E-state index in [-0.39, 0.29) is 12.2 Å². The number of aromatic nitrogens is 1. The minimum atomic E-state index is 0.130. The van der Waals surface area contributed by atoms with Gasteiger partial charge in [-0.1, -0.05) is 0 Å². The average Bonchev–Trinajstić information content (AvgIpc) is 2.74. The van der Waals surface area contributed by atoms with Crippen molar-refractivity contribution in [2.24, 2.45) is 0 Å². The summed E-state index contributed by atoms with van der Waals surface area (Å²) in [5.74, 6) is 0.